The number of aryl methyl sites for hydroxylation is 1. The molecule has 1 amide bonds. The minimum atomic E-state index is -0.405. The van der Waals surface area contributed by atoms with Crippen molar-refractivity contribution in [3.8, 4) is 17.0 Å². The first kappa shape index (κ1) is 18.1. The molecule has 0 bridgehead atoms. The lowest BCUT2D eigenvalue weighted by molar-refractivity contribution is -0.118. The highest BCUT2D eigenvalue weighted by Gasteiger charge is 2.09. The number of ether oxygens (including phenoxy) is 1. The van der Waals surface area contributed by atoms with Crippen molar-refractivity contribution in [2.45, 2.75) is 19.8 Å². The number of amides is 1. The van der Waals surface area contributed by atoms with Crippen molar-refractivity contribution < 1.29 is 13.9 Å². The summed E-state index contributed by atoms with van der Waals surface area (Å²) in [6, 6.07) is 14.0. The number of hydrogen-bond acceptors (Lipinski definition) is 4. The van der Waals surface area contributed by atoms with Crippen LogP contribution >= 0.6 is 11.3 Å². The second-order valence-electron chi connectivity index (χ2n) is 5.78. The van der Waals surface area contributed by atoms with Crippen molar-refractivity contribution in [1.82, 2.24) is 4.98 Å². The van der Waals surface area contributed by atoms with Gasteiger partial charge >= 0.3 is 0 Å². The van der Waals surface area contributed by atoms with Crippen LogP contribution in [0.4, 0.5) is 9.52 Å². The number of nitrogens with zero attached hydrogens (tertiary/aromatic N) is 1. The number of rotatable bonds is 7. The molecule has 0 spiro atoms. The maximum atomic E-state index is 13.1. The van der Waals surface area contributed by atoms with E-state index in [1.54, 1.807) is 6.07 Å². The van der Waals surface area contributed by atoms with E-state index in [9.17, 15) is 9.18 Å². The lowest BCUT2D eigenvalue weighted by Crippen LogP contribution is -2.20. The van der Waals surface area contributed by atoms with Crippen molar-refractivity contribution in [3.05, 3.63) is 65.3 Å². The number of anilines is 1. The summed E-state index contributed by atoms with van der Waals surface area (Å²) >= 11 is 1.35. The first-order chi connectivity index (χ1) is 12.6. The Morgan fingerprint density at radius 2 is 2.04 bits per heavy atom. The summed E-state index contributed by atoms with van der Waals surface area (Å²) in [5.74, 6) is -0.432. The molecule has 1 heterocycles. The van der Waals surface area contributed by atoms with Crippen LogP contribution in [0.3, 0.4) is 0 Å². The van der Waals surface area contributed by atoms with Gasteiger partial charge < -0.3 is 4.74 Å². The van der Waals surface area contributed by atoms with E-state index in [-0.39, 0.29) is 12.5 Å². The highest BCUT2D eigenvalue weighted by atomic mass is 32.1. The molecule has 4 nitrogen and oxygen atoms in total. The second-order valence-corrected chi connectivity index (χ2v) is 6.64. The Balaban J connectivity index is 1.56. The van der Waals surface area contributed by atoms with E-state index in [1.165, 1.54) is 35.1 Å². The molecule has 0 fully saturated rings. The molecule has 1 N–H and O–H groups in total. The van der Waals surface area contributed by atoms with E-state index in [2.05, 4.69) is 29.4 Å². The van der Waals surface area contributed by atoms with E-state index >= 15 is 0 Å². The van der Waals surface area contributed by atoms with Crippen LogP contribution in [0, 0.1) is 5.82 Å². The van der Waals surface area contributed by atoms with Crippen LogP contribution in [-0.2, 0) is 11.2 Å². The number of benzene rings is 2. The monoisotopic (exact) mass is 370 g/mol. The van der Waals surface area contributed by atoms with Crippen LogP contribution in [0.25, 0.3) is 11.3 Å². The third-order valence-electron chi connectivity index (χ3n) is 3.70. The Bertz CT molecular complexity index is 878. The average molecular weight is 370 g/mol. The summed E-state index contributed by atoms with van der Waals surface area (Å²) in [4.78, 5) is 16.4. The van der Waals surface area contributed by atoms with Crippen LogP contribution in [0.1, 0.15) is 18.9 Å². The fraction of sp³-hybridized carbons (Fsp3) is 0.200. The molecular formula is C20H19FN2O2S. The first-order valence-electron chi connectivity index (χ1n) is 8.37. The SMILES string of the molecule is CCCc1ccc(-c2csc(NC(=O)COc3cccc(F)c3)n2)cc1. The van der Waals surface area contributed by atoms with Gasteiger partial charge in [-0.05, 0) is 24.1 Å². The number of aromatic nitrogens is 1. The number of nitrogens with one attached hydrogen (secondary N) is 1. The van der Waals surface area contributed by atoms with Crippen molar-refractivity contribution in [2.24, 2.45) is 0 Å². The molecule has 0 atom stereocenters. The van der Waals surface area contributed by atoms with Crippen molar-refractivity contribution in [1.29, 1.82) is 0 Å². The van der Waals surface area contributed by atoms with Crippen molar-refractivity contribution >= 4 is 22.4 Å². The van der Waals surface area contributed by atoms with Gasteiger partial charge in [0.2, 0.25) is 0 Å². The maximum Gasteiger partial charge on any atom is 0.264 e. The Morgan fingerprint density at radius 1 is 1.23 bits per heavy atom. The van der Waals surface area contributed by atoms with Gasteiger partial charge in [0.25, 0.3) is 5.91 Å². The fourth-order valence-electron chi connectivity index (χ4n) is 2.46. The first-order valence-corrected chi connectivity index (χ1v) is 9.25. The van der Waals surface area contributed by atoms with E-state index < -0.39 is 5.82 Å². The summed E-state index contributed by atoms with van der Waals surface area (Å²) in [5, 5.41) is 5.10. The lowest BCUT2D eigenvalue weighted by atomic mass is 10.1. The fourth-order valence-corrected chi connectivity index (χ4v) is 3.19. The highest BCUT2D eigenvalue weighted by molar-refractivity contribution is 7.14. The molecule has 26 heavy (non-hydrogen) atoms. The Kier molecular flexibility index (Phi) is 5.96. The van der Waals surface area contributed by atoms with Crippen LogP contribution < -0.4 is 10.1 Å². The third kappa shape index (κ3) is 4.89. The number of carbonyl (C=O) groups is 1. The van der Waals surface area contributed by atoms with Gasteiger partial charge in [-0.15, -0.1) is 11.3 Å². The quantitative estimate of drug-likeness (QED) is 0.642. The van der Waals surface area contributed by atoms with Crippen LogP contribution in [-0.4, -0.2) is 17.5 Å². The second kappa shape index (κ2) is 8.58. The number of thiazole rings is 1. The molecule has 0 saturated carbocycles. The standard InChI is InChI=1S/C20H19FN2O2S/c1-2-4-14-7-9-15(10-8-14)18-13-26-20(22-18)23-19(24)12-25-17-6-3-5-16(21)11-17/h3,5-11,13H,2,4,12H2,1H3,(H,22,23,24). The van der Waals surface area contributed by atoms with Gasteiger partial charge in [-0.25, -0.2) is 9.37 Å². The van der Waals surface area contributed by atoms with Gasteiger partial charge in [0, 0.05) is 17.0 Å². The van der Waals surface area contributed by atoms with Crippen LogP contribution in [0.15, 0.2) is 53.9 Å². The molecular weight excluding hydrogens is 351 g/mol. The van der Waals surface area contributed by atoms with Gasteiger partial charge in [0.1, 0.15) is 11.6 Å². The van der Waals surface area contributed by atoms with Crippen LogP contribution in [0.5, 0.6) is 5.75 Å². The lowest BCUT2D eigenvalue weighted by Gasteiger charge is -2.05. The topological polar surface area (TPSA) is 51.2 Å². The summed E-state index contributed by atoms with van der Waals surface area (Å²) in [7, 11) is 0. The highest BCUT2D eigenvalue weighted by Crippen LogP contribution is 2.25. The zero-order chi connectivity index (χ0) is 18.4. The van der Waals surface area contributed by atoms with Gasteiger partial charge in [-0.1, -0.05) is 43.7 Å². The van der Waals surface area contributed by atoms with E-state index in [0.717, 1.165) is 24.1 Å². The molecule has 134 valence electrons. The largest absolute Gasteiger partial charge is 0.484 e. The summed E-state index contributed by atoms with van der Waals surface area (Å²) in [6.45, 7) is 1.95. The normalized spacial score (nSPS) is 10.5. The maximum absolute atomic E-state index is 13.1. The van der Waals surface area contributed by atoms with Gasteiger partial charge in [0.15, 0.2) is 11.7 Å². The molecule has 3 rings (SSSR count). The summed E-state index contributed by atoms with van der Waals surface area (Å²) in [5.41, 5.74) is 3.13. The van der Waals surface area contributed by atoms with E-state index in [4.69, 9.17) is 4.74 Å². The molecule has 0 radical (unpaired) electrons. The van der Waals surface area contributed by atoms with Gasteiger partial charge in [-0.2, -0.15) is 0 Å². The van der Waals surface area contributed by atoms with Crippen molar-refractivity contribution in [3.63, 3.8) is 0 Å². The molecule has 0 unspecified atom stereocenters. The molecule has 3 aromatic rings. The van der Waals surface area contributed by atoms with Crippen molar-refractivity contribution in [2.75, 3.05) is 11.9 Å². The predicted molar refractivity (Wildman–Crippen MR) is 102 cm³/mol. The van der Waals surface area contributed by atoms with Gasteiger partial charge in [0.05, 0.1) is 5.69 Å². The molecule has 0 saturated heterocycles. The molecule has 2 aromatic carbocycles. The van der Waals surface area contributed by atoms with Crippen LogP contribution in [0.2, 0.25) is 0 Å². The molecule has 0 aliphatic rings. The molecule has 0 aliphatic heterocycles. The molecule has 1 aromatic heterocycles. The minimum Gasteiger partial charge on any atom is -0.484 e. The number of carbonyl (C=O) groups excluding carboxylic acids is 1. The smallest absolute Gasteiger partial charge is 0.264 e. The Morgan fingerprint density at radius 3 is 2.77 bits per heavy atom. The average Bonchev–Trinajstić information content (AvgIpc) is 3.09. The summed E-state index contributed by atoms with van der Waals surface area (Å²) < 4.78 is 18.4. The Labute approximate surface area is 155 Å². The zero-order valence-corrected chi connectivity index (χ0v) is 15.2. The minimum absolute atomic E-state index is 0.204. The number of halogens is 1. The summed E-state index contributed by atoms with van der Waals surface area (Å²) in [6.07, 6.45) is 2.17. The van der Waals surface area contributed by atoms with E-state index in [0.29, 0.717) is 10.9 Å². The third-order valence-corrected chi connectivity index (χ3v) is 4.46. The van der Waals surface area contributed by atoms with Gasteiger partial charge in [-0.3, -0.25) is 10.1 Å². The zero-order valence-electron chi connectivity index (χ0n) is 14.4. The molecule has 6 heteroatoms. The predicted octanol–water partition coefficient (Wildman–Crippen LogP) is 4.92. The Hall–Kier alpha value is -2.73. The number of hydrogen-bond donors (Lipinski definition) is 1. The van der Waals surface area contributed by atoms with E-state index in [1.807, 2.05) is 17.5 Å². The molecule has 0 aliphatic carbocycles.